The van der Waals surface area contributed by atoms with Crippen molar-refractivity contribution in [3.05, 3.63) is 0 Å². The molecule has 4 N–H and O–H groups in total. The van der Waals surface area contributed by atoms with Crippen molar-refractivity contribution in [2.45, 2.75) is 307 Å². The smallest absolute Gasteiger partial charge is 0.407 e. The lowest BCUT2D eigenvalue weighted by Crippen LogP contribution is -2.54. The predicted octanol–water partition coefficient (Wildman–Crippen LogP) is 16.5. The molecule has 0 aromatic rings. The van der Waals surface area contributed by atoms with Crippen LogP contribution in [0, 0.1) is 0 Å². The van der Waals surface area contributed by atoms with E-state index < -0.39 is 75.9 Å². The Kier molecular flexibility index (Phi) is 47.3. The van der Waals surface area contributed by atoms with E-state index in [4.69, 9.17) is 58.5 Å². The second-order valence-electron chi connectivity index (χ2n) is 23.2. The molecule has 0 aliphatic carbocycles. The summed E-state index contributed by atoms with van der Waals surface area (Å²) in [5.41, 5.74) is -1.72. The molecule has 464 valence electrons. The van der Waals surface area contributed by atoms with Gasteiger partial charge in [-0.3, -0.25) is 9.59 Å². The van der Waals surface area contributed by atoms with Gasteiger partial charge < -0.3 is 45.0 Å². The van der Waals surface area contributed by atoms with Crippen LogP contribution in [0.2, 0.25) is 0 Å². The molecule has 0 unspecified atom stereocenters. The number of ether oxygens (including phenoxy) is 5. The van der Waals surface area contributed by atoms with Crippen molar-refractivity contribution < 1.29 is 52.5 Å². The first-order valence-electron chi connectivity index (χ1n) is 30.7. The van der Waals surface area contributed by atoms with Gasteiger partial charge in [-0.15, -0.1) is 0 Å². The highest BCUT2D eigenvalue weighted by Gasteiger charge is 2.33. The number of halogens is 3. The zero-order chi connectivity index (χ0) is 59.1. The Morgan fingerprint density at radius 2 is 0.848 bits per heavy atom. The SMILES string of the molecule is CCCCCCCCCCCCCCCCCCNC(=O)OC[C@H](CSC[C@H](NC(=O)OCC(Cl)(Cl)Cl)C(=O)N[C@@H](CCC(=O)OC(C)(C)C)C(=O)OC(C)(C)C)OC(=O)NCCCCCCCCCCCCCCCCCC. The number of rotatable bonds is 49. The number of hydrogen-bond donors (Lipinski definition) is 4. The highest BCUT2D eigenvalue weighted by molar-refractivity contribution is 7.99. The number of carbonyl (C=O) groups is 6. The molecule has 0 aromatic heterocycles. The molecule has 0 saturated heterocycles. The Balaban J connectivity index is 5.50. The van der Waals surface area contributed by atoms with Crippen LogP contribution in [-0.4, -0.2) is 107 Å². The fourth-order valence-electron chi connectivity index (χ4n) is 8.64. The molecular formula is C60H111Cl3N4O11S. The van der Waals surface area contributed by atoms with Gasteiger partial charge in [-0.25, -0.2) is 19.2 Å². The number of alkyl carbamates (subject to hydrolysis) is 3. The summed E-state index contributed by atoms with van der Waals surface area (Å²) in [6, 6.07) is -2.68. The summed E-state index contributed by atoms with van der Waals surface area (Å²) in [6.45, 7) is 14.6. The van der Waals surface area contributed by atoms with Crippen LogP contribution in [0.15, 0.2) is 0 Å². The van der Waals surface area contributed by atoms with E-state index in [1.54, 1.807) is 41.5 Å². The Bertz CT molecular complexity index is 1580. The second-order valence-corrected chi connectivity index (χ2v) is 26.8. The molecule has 3 atom stereocenters. The predicted molar refractivity (Wildman–Crippen MR) is 325 cm³/mol. The Morgan fingerprint density at radius 1 is 0.456 bits per heavy atom. The van der Waals surface area contributed by atoms with E-state index in [9.17, 15) is 28.8 Å². The molecule has 0 aromatic carbocycles. The molecule has 19 heteroatoms. The van der Waals surface area contributed by atoms with Gasteiger partial charge in [0.25, 0.3) is 0 Å². The highest BCUT2D eigenvalue weighted by Crippen LogP contribution is 2.26. The highest BCUT2D eigenvalue weighted by atomic mass is 35.6. The van der Waals surface area contributed by atoms with Gasteiger partial charge >= 0.3 is 30.2 Å². The maximum absolute atomic E-state index is 14.0. The molecule has 0 rings (SSSR count). The fourth-order valence-corrected chi connectivity index (χ4v) is 9.83. The molecule has 0 bridgehead atoms. The first-order chi connectivity index (χ1) is 37.5. The number of unbranched alkanes of at least 4 members (excludes halogenated alkanes) is 30. The summed E-state index contributed by atoms with van der Waals surface area (Å²) in [7, 11) is 0. The van der Waals surface area contributed by atoms with Gasteiger partial charge in [0, 0.05) is 31.0 Å². The number of thioether (sulfide) groups is 1. The van der Waals surface area contributed by atoms with Gasteiger partial charge in [0.15, 0.2) is 0 Å². The maximum Gasteiger partial charge on any atom is 0.407 e. The molecule has 0 aliphatic heterocycles. The molecule has 15 nitrogen and oxygen atoms in total. The van der Waals surface area contributed by atoms with Crippen LogP contribution in [0.4, 0.5) is 14.4 Å². The van der Waals surface area contributed by atoms with Crippen LogP contribution in [-0.2, 0) is 38.1 Å². The van der Waals surface area contributed by atoms with E-state index in [0.717, 1.165) is 56.7 Å². The summed E-state index contributed by atoms with van der Waals surface area (Å²) in [5, 5.41) is 10.7. The van der Waals surface area contributed by atoms with Crippen molar-refractivity contribution in [1.29, 1.82) is 0 Å². The van der Waals surface area contributed by atoms with Crippen LogP contribution >= 0.6 is 46.6 Å². The monoisotopic (exact) mass is 1200 g/mol. The van der Waals surface area contributed by atoms with Crippen molar-refractivity contribution in [2.75, 3.05) is 37.8 Å². The van der Waals surface area contributed by atoms with E-state index in [1.807, 2.05) is 0 Å². The zero-order valence-corrected chi connectivity index (χ0v) is 53.6. The quantitative estimate of drug-likeness (QED) is 0.0195. The minimum Gasteiger partial charge on any atom is -0.460 e. The van der Waals surface area contributed by atoms with E-state index in [0.29, 0.717) is 13.1 Å². The number of hydrogen-bond acceptors (Lipinski definition) is 12. The number of esters is 2. The topological polar surface area (TPSA) is 197 Å². The third kappa shape index (κ3) is 53.2. The first-order valence-corrected chi connectivity index (χ1v) is 33.0. The number of carbonyl (C=O) groups excluding carboxylic acids is 6. The van der Waals surface area contributed by atoms with E-state index in [-0.39, 0.29) is 31.0 Å². The lowest BCUT2D eigenvalue weighted by Gasteiger charge is -2.27. The molecule has 0 saturated carbocycles. The van der Waals surface area contributed by atoms with Gasteiger partial charge in [0.2, 0.25) is 9.70 Å². The molecule has 0 fully saturated rings. The molecule has 0 radical (unpaired) electrons. The zero-order valence-electron chi connectivity index (χ0n) is 50.5. The van der Waals surface area contributed by atoms with Crippen molar-refractivity contribution in [3.63, 3.8) is 0 Å². The lowest BCUT2D eigenvalue weighted by molar-refractivity contribution is -0.160. The van der Waals surface area contributed by atoms with Gasteiger partial charge in [0.1, 0.15) is 42.6 Å². The van der Waals surface area contributed by atoms with Crippen molar-refractivity contribution in [2.24, 2.45) is 0 Å². The molecule has 4 amide bonds. The van der Waals surface area contributed by atoms with Crippen LogP contribution in [0.5, 0.6) is 0 Å². The molecule has 0 aliphatic rings. The first kappa shape index (κ1) is 76.4. The largest absolute Gasteiger partial charge is 0.460 e. The van der Waals surface area contributed by atoms with E-state index >= 15 is 0 Å². The summed E-state index contributed by atoms with van der Waals surface area (Å²) in [5.74, 6) is -2.33. The van der Waals surface area contributed by atoms with E-state index in [2.05, 4.69) is 35.1 Å². The second kappa shape index (κ2) is 48.9. The standard InChI is InChI=1S/C60H111Cl3N4O11S/c1-9-11-13-15-17-19-21-23-25-27-29-31-33-35-37-39-43-64-55(71)74-45-49(76-56(72)65-44-40-38-36-34-32-30-28-26-24-22-20-18-16-14-12-10-2)46-79-47-51(67-57(73)75-48-60(61,62)63)53(69)66-50(54(70)78-59(6,7)8)41-42-52(68)77-58(3,4)5/h49-51H,9-48H2,1-8H3,(H,64,71)(H,65,72)(H,66,69)(H,67,73)/t49-,50+,51+/m1/s1. The average molecular weight is 1200 g/mol. The Labute approximate surface area is 498 Å². The van der Waals surface area contributed by atoms with Gasteiger partial charge in [-0.05, 0) is 60.8 Å². The molecule has 0 heterocycles. The Morgan fingerprint density at radius 3 is 1.24 bits per heavy atom. The van der Waals surface area contributed by atoms with Crippen molar-refractivity contribution in [3.8, 4) is 0 Å². The minimum absolute atomic E-state index is 0.0294. The third-order valence-corrected chi connectivity index (χ3v) is 14.4. The summed E-state index contributed by atoms with van der Waals surface area (Å²) in [6.07, 6.45) is 36.1. The van der Waals surface area contributed by atoms with Crippen LogP contribution in [0.1, 0.15) is 274 Å². The average Bonchev–Trinajstić information content (AvgIpc) is 3.36. The maximum atomic E-state index is 14.0. The minimum atomic E-state index is -1.94. The number of amides is 4. The fraction of sp³-hybridized carbons (Fsp3) is 0.900. The Hall–Kier alpha value is -2.56. The van der Waals surface area contributed by atoms with Crippen LogP contribution in [0.25, 0.3) is 0 Å². The van der Waals surface area contributed by atoms with E-state index in [1.165, 1.54) is 161 Å². The molecule has 0 spiro atoms. The normalized spacial score (nSPS) is 12.9. The lowest BCUT2D eigenvalue weighted by atomic mass is 10.0. The van der Waals surface area contributed by atoms with Crippen molar-refractivity contribution >= 4 is 82.7 Å². The van der Waals surface area contributed by atoms with Gasteiger partial charge in [-0.1, -0.05) is 241 Å². The summed E-state index contributed by atoms with van der Waals surface area (Å²) >= 11 is 18.5. The van der Waals surface area contributed by atoms with Gasteiger partial charge in [-0.2, -0.15) is 11.8 Å². The van der Waals surface area contributed by atoms with Crippen molar-refractivity contribution in [1.82, 2.24) is 21.3 Å². The summed E-state index contributed by atoms with van der Waals surface area (Å²) < 4.78 is 25.4. The number of nitrogens with one attached hydrogen (secondary N) is 4. The summed E-state index contributed by atoms with van der Waals surface area (Å²) in [4.78, 5) is 78.9. The third-order valence-electron chi connectivity index (χ3n) is 12.9. The molecule has 79 heavy (non-hydrogen) atoms. The van der Waals surface area contributed by atoms with Crippen LogP contribution in [0.3, 0.4) is 0 Å². The van der Waals surface area contributed by atoms with Gasteiger partial charge in [0.05, 0.1) is 0 Å². The molecular weight excluding hydrogens is 1090 g/mol. The van der Waals surface area contributed by atoms with Crippen LogP contribution < -0.4 is 21.3 Å². The number of alkyl halides is 3.